The van der Waals surface area contributed by atoms with Gasteiger partial charge >= 0.3 is 0 Å². The number of nitrogens with one attached hydrogen (secondary N) is 1. The predicted molar refractivity (Wildman–Crippen MR) is 199 cm³/mol. The number of fused-ring (bicyclic) bond motifs is 1. The Morgan fingerprint density at radius 2 is 1.56 bits per heavy atom. The Labute approximate surface area is 296 Å². The normalized spacial score (nSPS) is 14.5. The van der Waals surface area contributed by atoms with Crippen LogP contribution in [0.1, 0.15) is 57.4 Å². The number of carbonyl (C=O) groups is 1. The standard InChI is InChI=1S/C41H41N3O5S/c1-6-47-34-25-28(17-22-33(34)49-24-23-48-32-20-18-30(19-21-32)41(3,4)5)26-35-39(46)44-37(29-13-9-7-10-14-29)36(27(2)42-40(44)50-35)38(45)43-31-15-11-8-12-16-31/h7-22,25-26,37H,6,23-24H2,1-5H3,(H,43,45)/b35-26-/t37-/m0/s1. The van der Waals surface area contributed by atoms with Gasteiger partial charge in [0, 0.05) is 5.69 Å². The van der Waals surface area contributed by atoms with E-state index in [0.29, 0.717) is 57.6 Å². The summed E-state index contributed by atoms with van der Waals surface area (Å²) in [6.07, 6.45) is 1.82. The molecule has 1 aliphatic heterocycles. The Morgan fingerprint density at radius 3 is 2.24 bits per heavy atom. The van der Waals surface area contributed by atoms with Gasteiger partial charge in [-0.2, -0.15) is 0 Å². The highest BCUT2D eigenvalue weighted by Gasteiger charge is 2.32. The fraction of sp³-hybridized carbons (Fsp3) is 0.244. The van der Waals surface area contributed by atoms with Crippen LogP contribution in [0.2, 0.25) is 0 Å². The largest absolute Gasteiger partial charge is 0.490 e. The topological polar surface area (TPSA) is 91.2 Å². The number of hydrogen-bond donors (Lipinski definition) is 1. The lowest BCUT2D eigenvalue weighted by molar-refractivity contribution is -0.113. The van der Waals surface area contributed by atoms with Crippen molar-refractivity contribution >= 4 is 29.0 Å². The van der Waals surface area contributed by atoms with Crippen molar-refractivity contribution in [3.8, 4) is 17.2 Å². The first kappa shape index (κ1) is 34.5. The lowest BCUT2D eigenvalue weighted by Crippen LogP contribution is -2.40. The fourth-order valence-corrected chi connectivity index (χ4v) is 6.84. The van der Waals surface area contributed by atoms with Gasteiger partial charge in [-0.05, 0) is 78.4 Å². The van der Waals surface area contributed by atoms with E-state index < -0.39 is 6.04 Å². The van der Waals surface area contributed by atoms with Gasteiger partial charge in [0.05, 0.1) is 28.5 Å². The second kappa shape index (κ2) is 15.0. The summed E-state index contributed by atoms with van der Waals surface area (Å²) in [7, 11) is 0. The van der Waals surface area contributed by atoms with Gasteiger partial charge < -0.3 is 19.5 Å². The second-order valence-corrected chi connectivity index (χ2v) is 13.9. The maximum Gasteiger partial charge on any atom is 0.271 e. The number of carbonyl (C=O) groups excluding carboxylic acids is 1. The number of amides is 1. The number of hydrogen-bond acceptors (Lipinski definition) is 7. The summed E-state index contributed by atoms with van der Waals surface area (Å²) in [5.41, 5.74) is 4.34. The van der Waals surface area contributed by atoms with E-state index in [1.807, 2.05) is 111 Å². The zero-order valence-corrected chi connectivity index (χ0v) is 29.8. The van der Waals surface area contributed by atoms with E-state index in [1.165, 1.54) is 16.9 Å². The molecule has 0 spiro atoms. The minimum atomic E-state index is -0.647. The third kappa shape index (κ3) is 7.74. The molecule has 0 saturated heterocycles. The van der Waals surface area contributed by atoms with Gasteiger partial charge in [-0.3, -0.25) is 14.2 Å². The number of allylic oxidation sites excluding steroid dienone is 1. The van der Waals surface area contributed by atoms with Crippen molar-refractivity contribution in [2.45, 2.75) is 46.1 Å². The van der Waals surface area contributed by atoms with Crippen LogP contribution in [0.5, 0.6) is 17.2 Å². The molecule has 8 nitrogen and oxygen atoms in total. The van der Waals surface area contributed by atoms with Gasteiger partial charge in [0.2, 0.25) is 0 Å². The van der Waals surface area contributed by atoms with Gasteiger partial charge in [0.1, 0.15) is 19.0 Å². The number of benzene rings is 4. The summed E-state index contributed by atoms with van der Waals surface area (Å²) >= 11 is 1.29. The highest BCUT2D eigenvalue weighted by Crippen LogP contribution is 2.32. The lowest BCUT2D eigenvalue weighted by Gasteiger charge is -2.25. The number of aromatic nitrogens is 1. The van der Waals surface area contributed by atoms with E-state index in [0.717, 1.165) is 16.9 Å². The molecule has 256 valence electrons. The van der Waals surface area contributed by atoms with Crippen LogP contribution in [0.3, 0.4) is 0 Å². The molecule has 1 aromatic heterocycles. The third-order valence-electron chi connectivity index (χ3n) is 8.31. The van der Waals surface area contributed by atoms with Crippen LogP contribution in [0.25, 0.3) is 6.08 Å². The van der Waals surface area contributed by atoms with E-state index in [4.69, 9.17) is 19.2 Å². The predicted octanol–water partition coefficient (Wildman–Crippen LogP) is 7.03. The summed E-state index contributed by atoms with van der Waals surface area (Å²) in [5, 5.41) is 2.99. The molecular weight excluding hydrogens is 647 g/mol. The molecule has 1 N–H and O–H groups in total. The molecule has 9 heteroatoms. The molecule has 5 aromatic rings. The molecule has 0 unspecified atom stereocenters. The van der Waals surface area contributed by atoms with Crippen molar-refractivity contribution in [3.05, 3.63) is 151 Å². The summed E-state index contributed by atoms with van der Waals surface area (Å²) in [6.45, 7) is 11.4. The number of para-hydroxylation sites is 1. The molecule has 1 aliphatic rings. The van der Waals surface area contributed by atoms with Gasteiger partial charge in [-0.1, -0.05) is 98.8 Å². The molecule has 0 bridgehead atoms. The van der Waals surface area contributed by atoms with Gasteiger partial charge in [-0.15, -0.1) is 0 Å². The average molecular weight is 688 g/mol. The smallest absolute Gasteiger partial charge is 0.271 e. The van der Waals surface area contributed by atoms with Crippen LogP contribution < -0.4 is 34.4 Å². The molecule has 1 atom stereocenters. The molecule has 50 heavy (non-hydrogen) atoms. The number of ether oxygens (including phenoxy) is 3. The minimum absolute atomic E-state index is 0.0817. The van der Waals surface area contributed by atoms with E-state index in [9.17, 15) is 9.59 Å². The SMILES string of the molecule is CCOc1cc(/C=c2\sc3n(c2=O)[C@@H](c2ccccc2)C(C(=O)Nc2ccccc2)=C(C)N=3)ccc1OCCOc1ccc(C(C)(C)C)cc1. The van der Waals surface area contributed by atoms with Crippen LogP contribution in [0.15, 0.2) is 124 Å². The molecule has 4 aromatic carbocycles. The van der Waals surface area contributed by atoms with Crippen molar-refractivity contribution in [1.82, 2.24) is 4.57 Å². The molecular formula is C41H41N3O5S. The lowest BCUT2D eigenvalue weighted by atomic mass is 9.87. The molecule has 6 rings (SSSR count). The van der Waals surface area contributed by atoms with Crippen LogP contribution in [0, 0.1) is 0 Å². The van der Waals surface area contributed by atoms with Gasteiger partial charge in [0.15, 0.2) is 16.3 Å². The first-order valence-corrected chi connectivity index (χ1v) is 17.5. The molecule has 1 amide bonds. The summed E-state index contributed by atoms with van der Waals surface area (Å²) < 4.78 is 20.0. The Kier molecular flexibility index (Phi) is 10.3. The second-order valence-electron chi connectivity index (χ2n) is 12.9. The van der Waals surface area contributed by atoms with Crippen LogP contribution in [0.4, 0.5) is 5.69 Å². The Morgan fingerprint density at radius 1 is 0.880 bits per heavy atom. The molecule has 2 heterocycles. The highest BCUT2D eigenvalue weighted by atomic mass is 32.1. The number of thiazole rings is 1. The maximum absolute atomic E-state index is 14.1. The van der Waals surface area contributed by atoms with Crippen LogP contribution >= 0.6 is 11.3 Å². The number of rotatable bonds is 11. The number of anilines is 1. The molecule has 0 aliphatic carbocycles. The van der Waals surface area contributed by atoms with Gasteiger partial charge in [0.25, 0.3) is 11.5 Å². The van der Waals surface area contributed by atoms with Crippen molar-refractivity contribution in [2.24, 2.45) is 4.99 Å². The quantitative estimate of drug-likeness (QED) is 0.151. The Bertz CT molecular complexity index is 2180. The monoisotopic (exact) mass is 687 g/mol. The van der Waals surface area contributed by atoms with Crippen molar-refractivity contribution in [1.29, 1.82) is 0 Å². The molecule has 0 saturated carbocycles. The minimum Gasteiger partial charge on any atom is -0.490 e. The zero-order valence-electron chi connectivity index (χ0n) is 28.9. The van der Waals surface area contributed by atoms with E-state index in [2.05, 4.69) is 38.2 Å². The Hall–Kier alpha value is -5.41. The maximum atomic E-state index is 14.1. The first-order chi connectivity index (χ1) is 24.1. The molecule has 0 fully saturated rings. The fourth-order valence-electron chi connectivity index (χ4n) is 5.80. The first-order valence-electron chi connectivity index (χ1n) is 16.7. The average Bonchev–Trinajstić information content (AvgIpc) is 3.41. The van der Waals surface area contributed by atoms with E-state index in [1.54, 1.807) is 4.57 Å². The van der Waals surface area contributed by atoms with Crippen molar-refractivity contribution in [3.63, 3.8) is 0 Å². The van der Waals surface area contributed by atoms with Crippen LogP contribution in [-0.4, -0.2) is 30.3 Å². The zero-order chi connectivity index (χ0) is 35.3. The summed E-state index contributed by atoms with van der Waals surface area (Å²) in [5.74, 6) is 1.64. The third-order valence-corrected chi connectivity index (χ3v) is 9.29. The van der Waals surface area contributed by atoms with Crippen molar-refractivity contribution < 1.29 is 19.0 Å². The molecule has 0 radical (unpaired) electrons. The summed E-state index contributed by atoms with van der Waals surface area (Å²) in [4.78, 5) is 33.2. The summed E-state index contributed by atoms with van der Waals surface area (Å²) in [6, 6.07) is 31.9. The van der Waals surface area contributed by atoms with Crippen molar-refractivity contribution in [2.75, 3.05) is 25.1 Å². The van der Waals surface area contributed by atoms with Gasteiger partial charge in [-0.25, -0.2) is 4.99 Å². The van der Waals surface area contributed by atoms with Crippen LogP contribution in [-0.2, 0) is 10.2 Å². The van der Waals surface area contributed by atoms with E-state index >= 15 is 0 Å². The highest BCUT2D eigenvalue weighted by molar-refractivity contribution is 7.07. The number of nitrogens with zero attached hydrogens (tertiary/aromatic N) is 2. The Balaban J connectivity index is 1.25. The van der Waals surface area contributed by atoms with E-state index in [-0.39, 0.29) is 16.9 Å².